The molecule has 0 spiro atoms. The van der Waals surface area contributed by atoms with Gasteiger partial charge >= 0.3 is 0 Å². The molecule has 0 amide bonds. The molecule has 0 radical (unpaired) electrons. The molecule has 0 aromatic rings. The number of hydrogen-bond donors (Lipinski definition) is 1. The summed E-state index contributed by atoms with van der Waals surface area (Å²) in [5.74, 6) is 2.12. The molecule has 0 bridgehead atoms. The lowest BCUT2D eigenvalue weighted by Crippen LogP contribution is -2.50. The molecule has 1 aliphatic heterocycles. The van der Waals surface area contributed by atoms with Gasteiger partial charge in [0.05, 0.1) is 0 Å². The van der Waals surface area contributed by atoms with E-state index in [2.05, 4.69) is 10.2 Å². The maximum absolute atomic E-state index is 3.89. The Morgan fingerprint density at radius 2 is 1.65 bits per heavy atom. The van der Waals surface area contributed by atoms with Gasteiger partial charge in [-0.15, -0.1) is 0 Å². The Morgan fingerprint density at radius 1 is 0.824 bits per heavy atom. The molecule has 17 heavy (non-hydrogen) atoms. The lowest BCUT2D eigenvalue weighted by Gasteiger charge is -2.38. The van der Waals surface area contributed by atoms with Crippen LogP contribution in [-0.4, -0.2) is 36.1 Å². The molecule has 3 aliphatic carbocycles. The van der Waals surface area contributed by atoms with Crippen LogP contribution in [0.2, 0.25) is 0 Å². The molecular weight excluding hydrogens is 208 g/mol. The van der Waals surface area contributed by atoms with Gasteiger partial charge in [-0.1, -0.05) is 12.8 Å². The van der Waals surface area contributed by atoms with Gasteiger partial charge in [0.25, 0.3) is 0 Å². The first-order valence-electron chi connectivity index (χ1n) is 7.87. The highest BCUT2D eigenvalue weighted by Gasteiger charge is 2.39. The molecule has 2 unspecified atom stereocenters. The molecule has 0 aromatic carbocycles. The van der Waals surface area contributed by atoms with E-state index in [1.54, 1.807) is 0 Å². The van der Waals surface area contributed by atoms with E-state index in [4.69, 9.17) is 0 Å². The highest BCUT2D eigenvalue weighted by molar-refractivity contribution is 4.96. The molecule has 1 saturated heterocycles. The van der Waals surface area contributed by atoms with Crippen molar-refractivity contribution in [2.24, 2.45) is 11.8 Å². The minimum Gasteiger partial charge on any atom is -0.310 e. The Labute approximate surface area is 105 Å². The molecule has 96 valence electrons. The summed E-state index contributed by atoms with van der Waals surface area (Å²) in [6.45, 7) is 2.77. The standard InChI is InChI=1S/C15H26N2/c1-2-11(1)7-12-8-14(16-13-3-4-13)10-17(9-12)15-5-6-15/h11-16H,1-10H2. The smallest absolute Gasteiger partial charge is 0.0200 e. The summed E-state index contributed by atoms with van der Waals surface area (Å²) in [5, 5.41) is 3.89. The van der Waals surface area contributed by atoms with E-state index >= 15 is 0 Å². The summed E-state index contributed by atoms with van der Waals surface area (Å²) in [4.78, 5) is 2.82. The van der Waals surface area contributed by atoms with Crippen molar-refractivity contribution in [2.75, 3.05) is 13.1 Å². The zero-order valence-corrected chi connectivity index (χ0v) is 10.9. The maximum atomic E-state index is 3.89. The van der Waals surface area contributed by atoms with Crippen molar-refractivity contribution < 1.29 is 0 Å². The van der Waals surface area contributed by atoms with E-state index in [1.165, 1.54) is 64.5 Å². The maximum Gasteiger partial charge on any atom is 0.0200 e. The van der Waals surface area contributed by atoms with Crippen molar-refractivity contribution in [2.45, 2.75) is 69.5 Å². The van der Waals surface area contributed by atoms with Gasteiger partial charge in [-0.3, -0.25) is 4.90 Å². The first kappa shape index (κ1) is 10.8. The lowest BCUT2D eigenvalue weighted by atomic mass is 9.89. The summed E-state index contributed by atoms with van der Waals surface area (Å²) >= 11 is 0. The van der Waals surface area contributed by atoms with Crippen LogP contribution in [0.25, 0.3) is 0 Å². The quantitative estimate of drug-likeness (QED) is 0.786. The number of nitrogens with one attached hydrogen (secondary N) is 1. The topological polar surface area (TPSA) is 15.3 Å². The zero-order chi connectivity index (χ0) is 11.2. The Bertz CT molecular complexity index is 257. The summed E-state index contributed by atoms with van der Waals surface area (Å²) in [5.41, 5.74) is 0. The van der Waals surface area contributed by atoms with Crippen LogP contribution in [0.3, 0.4) is 0 Å². The van der Waals surface area contributed by atoms with Gasteiger partial charge in [-0.25, -0.2) is 0 Å². The molecule has 4 fully saturated rings. The molecule has 0 aromatic heterocycles. The second-order valence-electron chi connectivity index (χ2n) is 7.10. The van der Waals surface area contributed by atoms with Crippen LogP contribution in [0.5, 0.6) is 0 Å². The monoisotopic (exact) mass is 234 g/mol. The fourth-order valence-electron chi connectivity index (χ4n) is 3.68. The Morgan fingerprint density at radius 3 is 2.29 bits per heavy atom. The van der Waals surface area contributed by atoms with Crippen molar-refractivity contribution in [1.29, 1.82) is 0 Å². The van der Waals surface area contributed by atoms with Crippen LogP contribution in [-0.2, 0) is 0 Å². The van der Waals surface area contributed by atoms with Crippen molar-refractivity contribution in [3.05, 3.63) is 0 Å². The van der Waals surface area contributed by atoms with Crippen LogP contribution in [0.15, 0.2) is 0 Å². The van der Waals surface area contributed by atoms with Crippen molar-refractivity contribution in [3.63, 3.8) is 0 Å². The predicted molar refractivity (Wildman–Crippen MR) is 70.0 cm³/mol. The highest BCUT2D eigenvalue weighted by atomic mass is 15.2. The number of rotatable bonds is 5. The first-order valence-corrected chi connectivity index (χ1v) is 7.87. The average Bonchev–Trinajstić information content (AvgIpc) is 3.09. The highest BCUT2D eigenvalue weighted by Crippen LogP contribution is 2.40. The van der Waals surface area contributed by atoms with Gasteiger partial charge in [0.15, 0.2) is 0 Å². The third-order valence-corrected chi connectivity index (χ3v) is 5.04. The molecule has 1 N–H and O–H groups in total. The van der Waals surface area contributed by atoms with Crippen molar-refractivity contribution in [1.82, 2.24) is 10.2 Å². The number of piperidine rings is 1. The van der Waals surface area contributed by atoms with Gasteiger partial charge in [-0.05, 0) is 50.4 Å². The molecule has 4 rings (SSSR count). The van der Waals surface area contributed by atoms with E-state index in [0.717, 1.165) is 30.0 Å². The van der Waals surface area contributed by atoms with Crippen LogP contribution >= 0.6 is 0 Å². The zero-order valence-electron chi connectivity index (χ0n) is 10.9. The SMILES string of the molecule is C1CC1CC1CC(NC2CC2)CN(C2CC2)C1. The van der Waals surface area contributed by atoms with E-state index in [0.29, 0.717) is 0 Å². The van der Waals surface area contributed by atoms with Crippen LogP contribution in [0.4, 0.5) is 0 Å². The Hall–Kier alpha value is -0.0800. The van der Waals surface area contributed by atoms with Crippen LogP contribution < -0.4 is 5.32 Å². The molecule has 1 heterocycles. The van der Waals surface area contributed by atoms with Gasteiger partial charge in [0, 0.05) is 31.2 Å². The van der Waals surface area contributed by atoms with Gasteiger partial charge < -0.3 is 5.32 Å². The Kier molecular flexibility index (Phi) is 2.69. The van der Waals surface area contributed by atoms with Gasteiger partial charge in [0.1, 0.15) is 0 Å². The summed E-state index contributed by atoms with van der Waals surface area (Å²) in [6.07, 6.45) is 11.9. The van der Waals surface area contributed by atoms with Crippen molar-refractivity contribution >= 4 is 0 Å². The fraction of sp³-hybridized carbons (Fsp3) is 1.00. The molecule has 2 atom stereocenters. The summed E-state index contributed by atoms with van der Waals surface area (Å²) < 4.78 is 0. The number of hydrogen-bond acceptors (Lipinski definition) is 2. The second-order valence-corrected chi connectivity index (χ2v) is 7.10. The fourth-order valence-corrected chi connectivity index (χ4v) is 3.68. The molecule has 2 nitrogen and oxygen atoms in total. The second kappa shape index (κ2) is 4.24. The van der Waals surface area contributed by atoms with E-state index in [-0.39, 0.29) is 0 Å². The van der Waals surface area contributed by atoms with Gasteiger partial charge in [0.2, 0.25) is 0 Å². The summed E-state index contributed by atoms with van der Waals surface area (Å²) in [7, 11) is 0. The molecule has 2 heteroatoms. The minimum absolute atomic E-state index is 0.820. The largest absolute Gasteiger partial charge is 0.310 e. The van der Waals surface area contributed by atoms with Crippen LogP contribution in [0.1, 0.15) is 51.4 Å². The molecule has 3 saturated carbocycles. The van der Waals surface area contributed by atoms with Crippen molar-refractivity contribution in [3.8, 4) is 0 Å². The third kappa shape index (κ3) is 2.85. The predicted octanol–water partition coefficient (Wildman–Crippen LogP) is 2.39. The summed E-state index contributed by atoms with van der Waals surface area (Å²) in [6, 6.07) is 2.68. The third-order valence-electron chi connectivity index (χ3n) is 5.04. The minimum atomic E-state index is 0.820. The number of nitrogens with zero attached hydrogens (tertiary/aromatic N) is 1. The number of likely N-dealkylation sites (tertiary alicyclic amines) is 1. The van der Waals surface area contributed by atoms with Gasteiger partial charge in [-0.2, -0.15) is 0 Å². The Balaban J connectivity index is 1.36. The normalized spacial score (nSPS) is 39.5. The molecular formula is C15H26N2. The van der Waals surface area contributed by atoms with E-state index in [1.807, 2.05) is 0 Å². The van der Waals surface area contributed by atoms with E-state index < -0.39 is 0 Å². The lowest BCUT2D eigenvalue weighted by molar-refractivity contribution is 0.125. The average molecular weight is 234 g/mol. The van der Waals surface area contributed by atoms with Crippen LogP contribution in [0, 0.1) is 11.8 Å². The van der Waals surface area contributed by atoms with E-state index in [9.17, 15) is 0 Å². The molecule has 4 aliphatic rings. The first-order chi connectivity index (χ1) is 8.37.